The fourth-order valence-corrected chi connectivity index (χ4v) is 4.24. The van der Waals surface area contributed by atoms with E-state index >= 15 is 0 Å². The minimum Gasteiger partial charge on any atom is -0.476 e. The second-order valence-corrected chi connectivity index (χ2v) is 7.45. The monoisotopic (exact) mass is 340 g/mol. The number of benzene rings is 1. The molecule has 22 heavy (non-hydrogen) atoms. The lowest BCUT2D eigenvalue weighted by Crippen LogP contribution is -2.24. The molecule has 0 aliphatic heterocycles. The van der Waals surface area contributed by atoms with Gasteiger partial charge in [-0.1, -0.05) is 37.6 Å². The molecule has 0 unspecified atom stereocenters. The number of nitrogens with one attached hydrogen (secondary N) is 1. The van der Waals surface area contributed by atoms with E-state index in [-0.39, 0.29) is 10.8 Å². The average Bonchev–Trinajstić information content (AvgIpc) is 2.97. The molecule has 2 N–H and O–H groups in total. The predicted octanol–water partition coefficient (Wildman–Crippen LogP) is 2.27. The quantitative estimate of drug-likeness (QED) is 0.806. The first kappa shape index (κ1) is 16.6. The summed E-state index contributed by atoms with van der Waals surface area (Å²) in [5, 5.41) is 8.97. The molecule has 0 atom stereocenters. The van der Waals surface area contributed by atoms with Gasteiger partial charge in [0.2, 0.25) is 0 Å². The topological polar surface area (TPSA) is 96.4 Å². The molecule has 0 aliphatic carbocycles. The second kappa shape index (κ2) is 6.99. The number of carboxylic acids is 1. The van der Waals surface area contributed by atoms with Crippen molar-refractivity contribution >= 4 is 27.3 Å². The van der Waals surface area contributed by atoms with E-state index < -0.39 is 21.7 Å². The number of nitrogens with zero attached hydrogens (tertiary/aromatic N) is 1. The molecule has 0 amide bonds. The highest BCUT2D eigenvalue weighted by atomic mass is 32.2. The first-order valence-electron chi connectivity index (χ1n) is 6.69. The van der Waals surface area contributed by atoms with Crippen LogP contribution in [0.25, 0.3) is 0 Å². The molecule has 118 valence electrons. The zero-order valence-corrected chi connectivity index (χ0v) is 13.6. The molecule has 1 heterocycles. The lowest BCUT2D eigenvalue weighted by Gasteiger charge is -2.10. The molecule has 0 radical (unpaired) electrons. The lowest BCUT2D eigenvalue weighted by molar-refractivity contribution is 0.0687. The zero-order chi connectivity index (χ0) is 16.2. The standard InChI is InChI=1S/C14H16N2O4S2/c1-2-5-10-6-3-4-7-11(10)8-16-22(19,20)14-12(13(17)18)15-9-21-14/h3-4,6-7,9,16H,2,5,8H2,1H3,(H,17,18). The van der Waals surface area contributed by atoms with Crippen molar-refractivity contribution in [2.45, 2.75) is 30.5 Å². The van der Waals surface area contributed by atoms with Crippen molar-refractivity contribution in [2.75, 3.05) is 0 Å². The Bertz CT molecular complexity index is 769. The molecular weight excluding hydrogens is 324 g/mol. The van der Waals surface area contributed by atoms with Crippen molar-refractivity contribution < 1.29 is 18.3 Å². The summed E-state index contributed by atoms with van der Waals surface area (Å²) in [5.41, 5.74) is 2.73. The highest BCUT2D eigenvalue weighted by Gasteiger charge is 2.25. The predicted molar refractivity (Wildman–Crippen MR) is 83.5 cm³/mol. The highest BCUT2D eigenvalue weighted by Crippen LogP contribution is 2.20. The van der Waals surface area contributed by atoms with Gasteiger partial charge in [-0.15, -0.1) is 11.3 Å². The lowest BCUT2D eigenvalue weighted by atomic mass is 10.0. The summed E-state index contributed by atoms with van der Waals surface area (Å²) in [7, 11) is -3.90. The Labute approximate surface area is 132 Å². The molecule has 2 aromatic rings. The number of hydrogen-bond acceptors (Lipinski definition) is 5. The summed E-state index contributed by atoms with van der Waals surface area (Å²) in [6, 6.07) is 7.58. The molecule has 0 saturated carbocycles. The number of hydrogen-bond donors (Lipinski definition) is 2. The van der Waals surface area contributed by atoms with Crippen molar-refractivity contribution in [3.8, 4) is 0 Å². The third-order valence-electron chi connectivity index (χ3n) is 3.07. The van der Waals surface area contributed by atoms with Crippen LogP contribution in [0.15, 0.2) is 34.0 Å². The van der Waals surface area contributed by atoms with E-state index in [2.05, 4.69) is 16.6 Å². The van der Waals surface area contributed by atoms with E-state index in [4.69, 9.17) is 5.11 Å². The van der Waals surface area contributed by atoms with Crippen LogP contribution in [0.1, 0.15) is 35.0 Å². The van der Waals surface area contributed by atoms with E-state index in [0.29, 0.717) is 0 Å². The molecule has 0 fully saturated rings. The van der Waals surface area contributed by atoms with Crippen molar-refractivity contribution in [3.05, 3.63) is 46.6 Å². The maximum absolute atomic E-state index is 12.3. The molecule has 0 bridgehead atoms. The maximum Gasteiger partial charge on any atom is 0.356 e. The summed E-state index contributed by atoms with van der Waals surface area (Å²) in [4.78, 5) is 14.6. The number of thiazole rings is 1. The SMILES string of the molecule is CCCc1ccccc1CNS(=O)(=O)c1scnc1C(=O)O. The van der Waals surface area contributed by atoms with Crippen molar-refractivity contribution in [1.82, 2.24) is 9.71 Å². The van der Waals surface area contributed by atoms with Crippen LogP contribution in [0.2, 0.25) is 0 Å². The van der Waals surface area contributed by atoms with Gasteiger partial charge in [0.25, 0.3) is 10.0 Å². The van der Waals surface area contributed by atoms with E-state index in [0.717, 1.165) is 35.3 Å². The third-order valence-corrected chi connectivity index (χ3v) is 5.84. The minimum atomic E-state index is -3.90. The third kappa shape index (κ3) is 3.70. The summed E-state index contributed by atoms with van der Waals surface area (Å²) in [6.07, 6.45) is 1.82. The Morgan fingerprint density at radius 3 is 2.64 bits per heavy atom. The number of aromatic nitrogens is 1. The Kier molecular flexibility index (Phi) is 5.28. The van der Waals surface area contributed by atoms with Crippen LogP contribution in [-0.2, 0) is 23.0 Å². The number of sulfonamides is 1. The van der Waals surface area contributed by atoms with E-state index in [1.165, 1.54) is 5.51 Å². The molecule has 0 aliphatic rings. The van der Waals surface area contributed by atoms with Crippen LogP contribution in [-0.4, -0.2) is 24.5 Å². The molecule has 1 aromatic heterocycles. The first-order chi connectivity index (χ1) is 10.5. The zero-order valence-electron chi connectivity index (χ0n) is 11.9. The van der Waals surface area contributed by atoms with Gasteiger partial charge in [-0.2, -0.15) is 0 Å². The molecule has 0 saturated heterocycles. The van der Waals surface area contributed by atoms with Crippen LogP contribution in [0.5, 0.6) is 0 Å². The van der Waals surface area contributed by atoms with Gasteiger partial charge in [0.05, 0.1) is 5.51 Å². The molecule has 1 aromatic carbocycles. The Balaban J connectivity index is 2.20. The van der Waals surface area contributed by atoms with Gasteiger partial charge in [0.1, 0.15) is 0 Å². The van der Waals surface area contributed by atoms with Crippen molar-refractivity contribution in [1.29, 1.82) is 0 Å². The first-order valence-corrected chi connectivity index (χ1v) is 9.05. The van der Waals surface area contributed by atoms with Crippen LogP contribution in [0.4, 0.5) is 0 Å². The van der Waals surface area contributed by atoms with Crippen LogP contribution < -0.4 is 4.72 Å². The molecule has 0 spiro atoms. The smallest absolute Gasteiger partial charge is 0.356 e. The summed E-state index contributed by atoms with van der Waals surface area (Å²) < 4.78 is 26.7. The van der Waals surface area contributed by atoms with Gasteiger partial charge >= 0.3 is 5.97 Å². The van der Waals surface area contributed by atoms with Gasteiger partial charge in [-0.05, 0) is 17.5 Å². The largest absolute Gasteiger partial charge is 0.476 e. The van der Waals surface area contributed by atoms with Crippen LogP contribution in [0.3, 0.4) is 0 Å². The average molecular weight is 340 g/mol. The summed E-state index contributed by atoms with van der Waals surface area (Å²) >= 11 is 0.792. The van der Waals surface area contributed by atoms with E-state index in [9.17, 15) is 13.2 Å². The fraction of sp³-hybridized carbons (Fsp3) is 0.286. The number of carboxylic acid groups (broad SMARTS) is 1. The molecule has 6 nitrogen and oxygen atoms in total. The van der Waals surface area contributed by atoms with Crippen LogP contribution >= 0.6 is 11.3 Å². The summed E-state index contributed by atoms with van der Waals surface area (Å²) in [5.74, 6) is -1.35. The van der Waals surface area contributed by atoms with E-state index in [1.807, 2.05) is 24.3 Å². The highest BCUT2D eigenvalue weighted by molar-refractivity contribution is 7.91. The van der Waals surface area contributed by atoms with Crippen LogP contribution in [0, 0.1) is 0 Å². The molecule has 8 heteroatoms. The molecule has 2 rings (SSSR count). The number of carbonyl (C=O) groups is 1. The Hall–Kier alpha value is -1.77. The Morgan fingerprint density at radius 1 is 1.32 bits per heavy atom. The van der Waals surface area contributed by atoms with Crippen molar-refractivity contribution in [2.24, 2.45) is 0 Å². The van der Waals surface area contributed by atoms with Gasteiger partial charge in [0, 0.05) is 6.54 Å². The number of aryl methyl sites for hydroxylation is 1. The number of aromatic carboxylic acids is 1. The number of rotatable bonds is 7. The van der Waals surface area contributed by atoms with Gasteiger partial charge in [-0.3, -0.25) is 0 Å². The van der Waals surface area contributed by atoms with E-state index in [1.54, 1.807) is 0 Å². The van der Waals surface area contributed by atoms with Gasteiger partial charge < -0.3 is 5.11 Å². The van der Waals surface area contributed by atoms with Crippen molar-refractivity contribution in [3.63, 3.8) is 0 Å². The minimum absolute atomic E-state index is 0.121. The Morgan fingerprint density at radius 2 is 2.00 bits per heavy atom. The van der Waals surface area contributed by atoms with Gasteiger partial charge in [0.15, 0.2) is 9.90 Å². The fourth-order valence-electron chi connectivity index (χ4n) is 2.05. The van der Waals surface area contributed by atoms with Gasteiger partial charge in [-0.25, -0.2) is 22.9 Å². The molecular formula is C14H16N2O4S2. The second-order valence-electron chi connectivity index (χ2n) is 4.64. The maximum atomic E-state index is 12.3. The normalized spacial score (nSPS) is 11.5. The summed E-state index contributed by atoms with van der Waals surface area (Å²) in [6.45, 7) is 2.17.